The van der Waals surface area contributed by atoms with Gasteiger partial charge in [-0.3, -0.25) is 9.35 Å². The van der Waals surface area contributed by atoms with E-state index in [1.54, 1.807) is 37.3 Å². The SMILES string of the molecule is Cc1cccc(S(=O)(=O)O)c1.O=Cc1cccc2c1OCCO2. The van der Waals surface area contributed by atoms with Crippen LogP contribution >= 0.6 is 0 Å². The monoisotopic (exact) mass is 336 g/mol. The first-order chi connectivity index (χ1) is 10.9. The molecule has 0 amide bonds. The highest BCUT2D eigenvalue weighted by Gasteiger charge is 2.14. The molecule has 0 spiro atoms. The Kier molecular flexibility index (Phi) is 5.36. The van der Waals surface area contributed by atoms with Crippen molar-refractivity contribution in [3.05, 3.63) is 53.6 Å². The van der Waals surface area contributed by atoms with Crippen LogP contribution in [0.2, 0.25) is 0 Å². The summed E-state index contributed by atoms with van der Waals surface area (Å²) in [5, 5.41) is 0. The molecule has 23 heavy (non-hydrogen) atoms. The first-order valence-corrected chi connectivity index (χ1v) is 8.24. The number of hydrogen-bond donors (Lipinski definition) is 1. The van der Waals surface area contributed by atoms with Gasteiger partial charge in [-0.2, -0.15) is 8.42 Å². The Morgan fingerprint density at radius 3 is 2.39 bits per heavy atom. The molecule has 3 rings (SSSR count). The van der Waals surface area contributed by atoms with Gasteiger partial charge in [0, 0.05) is 0 Å². The summed E-state index contributed by atoms with van der Waals surface area (Å²) in [5.74, 6) is 1.23. The average Bonchev–Trinajstić information content (AvgIpc) is 2.54. The predicted molar refractivity (Wildman–Crippen MR) is 83.8 cm³/mol. The molecule has 0 aliphatic carbocycles. The summed E-state index contributed by atoms with van der Waals surface area (Å²) < 4.78 is 40.2. The molecule has 0 bridgehead atoms. The Hall–Kier alpha value is -2.38. The zero-order valence-electron chi connectivity index (χ0n) is 12.4. The molecule has 2 aromatic rings. The van der Waals surface area contributed by atoms with E-state index in [-0.39, 0.29) is 4.90 Å². The van der Waals surface area contributed by atoms with E-state index in [1.807, 2.05) is 0 Å². The maximum atomic E-state index is 10.5. The summed E-state index contributed by atoms with van der Waals surface area (Å²) in [6.45, 7) is 2.82. The number of para-hydroxylation sites is 1. The molecule has 0 aromatic heterocycles. The number of fused-ring (bicyclic) bond motifs is 1. The number of carbonyl (C=O) groups is 1. The van der Waals surface area contributed by atoms with Crippen molar-refractivity contribution in [3.63, 3.8) is 0 Å². The van der Waals surface area contributed by atoms with Crippen LogP contribution in [0.1, 0.15) is 15.9 Å². The second kappa shape index (κ2) is 7.26. The van der Waals surface area contributed by atoms with Crippen molar-refractivity contribution in [1.29, 1.82) is 0 Å². The second-order valence-electron chi connectivity index (χ2n) is 4.78. The number of ether oxygens (including phenoxy) is 2. The van der Waals surface area contributed by atoms with E-state index in [0.717, 1.165) is 11.8 Å². The lowest BCUT2D eigenvalue weighted by Gasteiger charge is -2.18. The van der Waals surface area contributed by atoms with Crippen molar-refractivity contribution in [2.24, 2.45) is 0 Å². The largest absolute Gasteiger partial charge is 0.486 e. The van der Waals surface area contributed by atoms with E-state index in [9.17, 15) is 13.2 Å². The fourth-order valence-electron chi connectivity index (χ4n) is 1.96. The smallest absolute Gasteiger partial charge is 0.294 e. The van der Waals surface area contributed by atoms with Crippen LogP contribution < -0.4 is 9.47 Å². The standard InChI is InChI=1S/C9H8O3.C7H8O3S/c10-6-7-2-1-3-8-9(7)12-5-4-11-8;1-6-3-2-4-7(5-6)11(8,9)10/h1-3,6H,4-5H2;2-5H,1H3,(H,8,9,10). The number of carbonyl (C=O) groups excluding carboxylic acids is 1. The van der Waals surface area contributed by atoms with E-state index in [2.05, 4.69) is 0 Å². The number of aldehydes is 1. The van der Waals surface area contributed by atoms with Crippen LogP contribution in [0.3, 0.4) is 0 Å². The van der Waals surface area contributed by atoms with Crippen LogP contribution in [0.5, 0.6) is 11.5 Å². The minimum absolute atomic E-state index is 0.0579. The van der Waals surface area contributed by atoms with Crippen LogP contribution in [0.4, 0.5) is 0 Å². The zero-order valence-corrected chi connectivity index (χ0v) is 13.2. The third-order valence-electron chi connectivity index (χ3n) is 3.01. The van der Waals surface area contributed by atoms with Gasteiger partial charge in [0.1, 0.15) is 13.2 Å². The minimum atomic E-state index is -4.03. The van der Waals surface area contributed by atoms with Crippen LogP contribution in [-0.4, -0.2) is 32.5 Å². The van der Waals surface area contributed by atoms with Crippen LogP contribution in [0.15, 0.2) is 47.4 Å². The number of aryl methyl sites for hydroxylation is 1. The predicted octanol–water partition coefficient (Wildman–Crippen LogP) is 2.51. The number of hydrogen-bond acceptors (Lipinski definition) is 5. The summed E-state index contributed by atoms with van der Waals surface area (Å²) in [5.41, 5.74) is 1.35. The number of rotatable bonds is 2. The Balaban J connectivity index is 0.000000168. The van der Waals surface area contributed by atoms with Crippen LogP contribution in [0, 0.1) is 6.92 Å². The molecule has 0 fully saturated rings. The number of benzene rings is 2. The van der Waals surface area contributed by atoms with Gasteiger partial charge in [-0.05, 0) is 36.8 Å². The normalized spacial score (nSPS) is 12.8. The van der Waals surface area contributed by atoms with Crippen LogP contribution in [0.25, 0.3) is 0 Å². The molecular formula is C16H16O6S. The molecule has 7 heteroatoms. The van der Waals surface area contributed by atoms with Gasteiger partial charge in [-0.15, -0.1) is 0 Å². The van der Waals surface area contributed by atoms with Gasteiger partial charge in [-0.1, -0.05) is 18.2 Å². The van der Waals surface area contributed by atoms with Gasteiger partial charge in [0.2, 0.25) is 0 Å². The third-order valence-corrected chi connectivity index (χ3v) is 3.86. The second-order valence-corrected chi connectivity index (χ2v) is 6.20. The molecule has 1 aliphatic rings. The molecular weight excluding hydrogens is 320 g/mol. The topological polar surface area (TPSA) is 89.9 Å². The molecule has 1 N–H and O–H groups in total. The lowest BCUT2D eigenvalue weighted by atomic mass is 10.2. The molecule has 1 heterocycles. The van der Waals surface area contributed by atoms with Crippen molar-refractivity contribution >= 4 is 16.4 Å². The Morgan fingerprint density at radius 1 is 1.09 bits per heavy atom. The fourth-order valence-corrected chi connectivity index (χ4v) is 2.55. The Morgan fingerprint density at radius 2 is 1.78 bits per heavy atom. The first kappa shape index (κ1) is 17.0. The summed E-state index contributed by atoms with van der Waals surface area (Å²) in [4.78, 5) is 10.5. The van der Waals surface area contributed by atoms with Crippen LogP contribution in [-0.2, 0) is 10.1 Å². The van der Waals surface area contributed by atoms with E-state index in [1.165, 1.54) is 12.1 Å². The Labute approximate surface area is 134 Å². The first-order valence-electron chi connectivity index (χ1n) is 6.80. The highest BCUT2D eigenvalue weighted by atomic mass is 32.2. The summed E-state index contributed by atoms with van der Waals surface area (Å²) >= 11 is 0. The zero-order chi connectivity index (χ0) is 16.9. The molecule has 0 saturated carbocycles. The van der Waals surface area contributed by atoms with Crippen molar-refractivity contribution in [2.75, 3.05) is 13.2 Å². The quantitative estimate of drug-likeness (QED) is 0.669. The maximum Gasteiger partial charge on any atom is 0.294 e. The van der Waals surface area contributed by atoms with Gasteiger partial charge in [-0.25, -0.2) is 0 Å². The van der Waals surface area contributed by atoms with Crippen molar-refractivity contribution in [2.45, 2.75) is 11.8 Å². The molecule has 122 valence electrons. The lowest BCUT2D eigenvalue weighted by molar-refractivity contribution is 0.111. The lowest BCUT2D eigenvalue weighted by Crippen LogP contribution is -2.16. The Bertz CT molecular complexity index is 798. The average molecular weight is 336 g/mol. The molecule has 1 aliphatic heterocycles. The van der Waals surface area contributed by atoms with E-state index >= 15 is 0 Å². The molecule has 0 saturated heterocycles. The molecule has 6 nitrogen and oxygen atoms in total. The molecule has 0 unspecified atom stereocenters. The summed E-state index contributed by atoms with van der Waals surface area (Å²) in [7, 11) is -4.03. The van der Waals surface area contributed by atoms with E-state index in [4.69, 9.17) is 14.0 Å². The third kappa shape index (κ3) is 4.54. The van der Waals surface area contributed by atoms with E-state index < -0.39 is 10.1 Å². The van der Waals surface area contributed by atoms with Crippen molar-refractivity contribution in [1.82, 2.24) is 0 Å². The minimum Gasteiger partial charge on any atom is -0.486 e. The van der Waals surface area contributed by atoms with Gasteiger partial charge in [0.15, 0.2) is 17.8 Å². The van der Waals surface area contributed by atoms with E-state index in [0.29, 0.717) is 30.3 Å². The summed E-state index contributed by atoms with van der Waals surface area (Å²) in [6.07, 6.45) is 0.771. The molecule has 0 atom stereocenters. The van der Waals surface area contributed by atoms with Gasteiger partial charge in [0.05, 0.1) is 10.5 Å². The summed E-state index contributed by atoms with van der Waals surface area (Å²) in [6, 6.07) is 11.4. The van der Waals surface area contributed by atoms with Gasteiger partial charge in [0.25, 0.3) is 10.1 Å². The highest BCUT2D eigenvalue weighted by Crippen LogP contribution is 2.32. The van der Waals surface area contributed by atoms with Crippen molar-refractivity contribution in [3.8, 4) is 11.5 Å². The van der Waals surface area contributed by atoms with Gasteiger partial charge >= 0.3 is 0 Å². The highest BCUT2D eigenvalue weighted by molar-refractivity contribution is 7.85. The van der Waals surface area contributed by atoms with Crippen molar-refractivity contribution < 1.29 is 27.2 Å². The fraction of sp³-hybridized carbons (Fsp3) is 0.188. The molecule has 0 radical (unpaired) electrons. The molecule has 2 aromatic carbocycles. The maximum absolute atomic E-state index is 10.5. The van der Waals surface area contributed by atoms with Gasteiger partial charge < -0.3 is 9.47 Å².